The zero-order chi connectivity index (χ0) is 42.1. The molecule has 0 unspecified atom stereocenters. The molecule has 2 amide bonds. The number of alkyl carbamates (subject to hydrolysis) is 1. The maximum absolute atomic E-state index is 13.8. The Morgan fingerprint density at radius 1 is 1.02 bits per heavy atom. The van der Waals surface area contributed by atoms with Crippen LogP contribution < -0.4 is 20.3 Å². The summed E-state index contributed by atoms with van der Waals surface area (Å²) >= 11 is 0. The van der Waals surface area contributed by atoms with Crippen LogP contribution >= 0.6 is 0 Å². The molecule has 1 aromatic rings. The van der Waals surface area contributed by atoms with Crippen LogP contribution in [0.5, 0.6) is 5.75 Å². The lowest BCUT2D eigenvalue weighted by molar-refractivity contribution is -0.757. The number of carbonyl (C=O) groups excluding carboxylic acids is 3. The van der Waals surface area contributed by atoms with E-state index >= 15 is 0 Å². The molecule has 3 rings (SSSR count). The normalized spacial score (nSPS) is 19.1. The molecule has 57 heavy (non-hydrogen) atoms. The number of nitrogens with one attached hydrogen (secondary N) is 2. The van der Waals surface area contributed by atoms with Crippen molar-refractivity contribution in [2.45, 2.75) is 149 Å². The van der Waals surface area contributed by atoms with Crippen LogP contribution in [0, 0.1) is 33.8 Å². The summed E-state index contributed by atoms with van der Waals surface area (Å²) in [5.74, 6) is 0.0839. The van der Waals surface area contributed by atoms with Crippen LogP contribution in [0.1, 0.15) is 118 Å². The number of fused-ring (bicyclic) bond motifs is 1. The van der Waals surface area contributed by atoms with Gasteiger partial charge in [0.25, 0.3) is 5.09 Å². The lowest BCUT2D eigenvalue weighted by Gasteiger charge is -2.34. The van der Waals surface area contributed by atoms with Gasteiger partial charge in [0, 0.05) is 38.6 Å². The van der Waals surface area contributed by atoms with Crippen LogP contribution in [0.3, 0.4) is 0 Å². The standard InChI is InChI=1S/C42H70N4O11/c1-28(2)31(24-30-13-18-38-36(25-30)45(20-23-54-38)19-11-21-53-8)26-35(44-41(50)57-42(5,6)7)37(47)27-34(29(3)4)40(49)43-32-14-16-33(17-15-32)56-39(48)12-9-10-22-55-46(51)52/h13,18,25,28-29,31-35,37,47H,9-12,14-17,19-24,26-27H2,1-8H3,(H,43,49)(H,44,50)/t31-,32?,33?,34-,35-,37-/m0/s1. The second kappa shape index (κ2) is 23.5. The predicted molar refractivity (Wildman–Crippen MR) is 216 cm³/mol. The molecule has 15 heteroatoms. The Hall–Kier alpha value is -3.85. The van der Waals surface area contributed by atoms with Gasteiger partial charge in [0.15, 0.2) is 0 Å². The van der Waals surface area contributed by atoms with Gasteiger partial charge >= 0.3 is 12.1 Å². The summed E-state index contributed by atoms with van der Waals surface area (Å²) in [6.45, 7) is 16.5. The SMILES string of the molecule is COCCCN1CCOc2ccc(C[C@@H](C[C@H](NC(=O)OC(C)(C)C)[C@@H](O)C[C@H](C(=O)NC3CCC(OC(=O)CCCCO[N+](=O)[O-])CC3)C(C)C)C(C)C)cc21. The first-order valence-electron chi connectivity index (χ1n) is 20.9. The lowest BCUT2D eigenvalue weighted by Crippen LogP contribution is -2.49. The monoisotopic (exact) mass is 807 g/mol. The number of aliphatic hydroxyl groups is 1. The number of nitrogens with zero attached hydrogens (tertiary/aromatic N) is 2. The Labute approximate surface area is 339 Å². The summed E-state index contributed by atoms with van der Waals surface area (Å²) in [7, 11) is 1.71. The number of ether oxygens (including phenoxy) is 4. The number of anilines is 1. The maximum atomic E-state index is 13.8. The van der Waals surface area contributed by atoms with E-state index in [4.69, 9.17) is 18.9 Å². The van der Waals surface area contributed by atoms with E-state index in [1.807, 2.05) is 19.9 Å². The molecule has 1 fully saturated rings. The highest BCUT2D eigenvalue weighted by Crippen LogP contribution is 2.35. The third kappa shape index (κ3) is 17.3. The first-order chi connectivity index (χ1) is 26.9. The van der Waals surface area contributed by atoms with Crippen LogP contribution in [0.2, 0.25) is 0 Å². The molecule has 0 saturated heterocycles. The third-order valence-corrected chi connectivity index (χ3v) is 10.9. The largest absolute Gasteiger partial charge is 0.490 e. The average molecular weight is 807 g/mol. The lowest BCUT2D eigenvalue weighted by atomic mass is 9.80. The fourth-order valence-electron chi connectivity index (χ4n) is 7.56. The molecule has 4 atom stereocenters. The van der Waals surface area contributed by atoms with Gasteiger partial charge in [-0.1, -0.05) is 33.8 Å². The summed E-state index contributed by atoms with van der Waals surface area (Å²) in [5.41, 5.74) is 1.48. The highest BCUT2D eigenvalue weighted by Gasteiger charge is 2.35. The smallest absolute Gasteiger partial charge is 0.407 e. The highest BCUT2D eigenvalue weighted by atomic mass is 16.9. The van der Waals surface area contributed by atoms with Crippen molar-refractivity contribution in [2.24, 2.45) is 23.7 Å². The third-order valence-electron chi connectivity index (χ3n) is 10.9. The first-order valence-corrected chi connectivity index (χ1v) is 20.9. The summed E-state index contributed by atoms with van der Waals surface area (Å²) < 4.78 is 22.5. The Morgan fingerprint density at radius 3 is 2.37 bits per heavy atom. The van der Waals surface area contributed by atoms with Gasteiger partial charge in [-0.05, 0) is 120 Å². The molecular weight excluding hydrogens is 736 g/mol. The van der Waals surface area contributed by atoms with Crippen LogP contribution in [0.4, 0.5) is 10.5 Å². The van der Waals surface area contributed by atoms with Crippen molar-refractivity contribution in [3.8, 4) is 5.75 Å². The van der Waals surface area contributed by atoms with Crippen molar-refractivity contribution in [3.05, 3.63) is 33.9 Å². The maximum Gasteiger partial charge on any atom is 0.407 e. The highest BCUT2D eigenvalue weighted by molar-refractivity contribution is 5.79. The van der Waals surface area contributed by atoms with E-state index in [0.717, 1.165) is 42.9 Å². The van der Waals surface area contributed by atoms with Gasteiger partial charge in [0.2, 0.25) is 5.91 Å². The Bertz CT molecular complexity index is 1410. The van der Waals surface area contributed by atoms with E-state index in [2.05, 4.69) is 46.4 Å². The summed E-state index contributed by atoms with van der Waals surface area (Å²) in [4.78, 5) is 56.2. The van der Waals surface area contributed by atoms with Crippen LogP contribution in [0.15, 0.2) is 18.2 Å². The molecule has 1 saturated carbocycles. The minimum absolute atomic E-state index is 0.0550. The molecule has 0 radical (unpaired) electrons. The number of esters is 1. The van der Waals surface area contributed by atoms with Gasteiger partial charge in [-0.15, -0.1) is 10.1 Å². The van der Waals surface area contributed by atoms with Gasteiger partial charge in [0.05, 0.1) is 31.0 Å². The Morgan fingerprint density at radius 2 is 1.74 bits per heavy atom. The van der Waals surface area contributed by atoms with Crippen LogP contribution in [-0.4, -0.2) is 98.1 Å². The topological polar surface area (TPSA) is 188 Å². The van der Waals surface area contributed by atoms with E-state index in [1.54, 1.807) is 27.9 Å². The van der Waals surface area contributed by atoms with E-state index in [-0.39, 0.29) is 61.2 Å². The second-order valence-electron chi connectivity index (χ2n) is 17.3. The molecule has 0 bridgehead atoms. The van der Waals surface area contributed by atoms with Crippen LogP contribution in [-0.2, 0) is 35.1 Å². The number of amides is 2. The molecule has 1 aliphatic heterocycles. The molecule has 0 aromatic heterocycles. The zero-order valence-corrected chi connectivity index (χ0v) is 35.6. The molecular formula is C42H70N4O11. The van der Waals surface area contributed by atoms with E-state index in [0.29, 0.717) is 58.2 Å². The van der Waals surface area contributed by atoms with Crippen molar-refractivity contribution in [2.75, 3.05) is 44.9 Å². The Balaban J connectivity index is 1.65. The van der Waals surface area contributed by atoms with Gasteiger partial charge in [-0.25, -0.2) is 4.79 Å². The second-order valence-corrected chi connectivity index (χ2v) is 17.3. The molecule has 1 aromatic carbocycles. The van der Waals surface area contributed by atoms with Crippen molar-refractivity contribution in [3.63, 3.8) is 0 Å². The number of unbranched alkanes of at least 4 members (excludes halogenated alkanes) is 1. The van der Waals surface area contributed by atoms with E-state index in [9.17, 15) is 29.6 Å². The summed E-state index contributed by atoms with van der Waals surface area (Å²) in [5, 5.41) is 27.5. The number of benzene rings is 1. The van der Waals surface area contributed by atoms with Crippen LogP contribution in [0.25, 0.3) is 0 Å². The van der Waals surface area contributed by atoms with Crippen molar-refractivity contribution in [1.29, 1.82) is 0 Å². The zero-order valence-electron chi connectivity index (χ0n) is 35.6. The molecule has 1 heterocycles. The molecule has 3 N–H and O–H groups in total. The van der Waals surface area contributed by atoms with Gasteiger partial charge < -0.3 is 44.4 Å². The number of rotatable bonds is 23. The minimum atomic E-state index is -1.02. The predicted octanol–water partition coefficient (Wildman–Crippen LogP) is 6.39. The van der Waals surface area contributed by atoms with Crippen molar-refractivity contribution < 1.29 is 48.4 Å². The fourth-order valence-corrected chi connectivity index (χ4v) is 7.56. The Kier molecular flexibility index (Phi) is 19.6. The minimum Gasteiger partial charge on any atom is -0.490 e. The van der Waals surface area contributed by atoms with Gasteiger partial charge in [0.1, 0.15) is 24.1 Å². The van der Waals surface area contributed by atoms with E-state index < -0.39 is 34.8 Å². The summed E-state index contributed by atoms with van der Waals surface area (Å²) in [6.07, 6.45) is 3.88. The number of aliphatic hydroxyl groups excluding tert-OH is 1. The van der Waals surface area contributed by atoms with Crippen molar-refractivity contribution >= 4 is 23.7 Å². The fraction of sp³-hybridized carbons (Fsp3) is 0.786. The number of methoxy groups -OCH3 is 1. The van der Waals surface area contributed by atoms with E-state index in [1.165, 1.54) is 0 Å². The number of hydrogen-bond acceptors (Lipinski definition) is 12. The molecule has 1 aliphatic carbocycles. The quantitative estimate of drug-likeness (QED) is 0.0479. The van der Waals surface area contributed by atoms with Gasteiger partial charge in [-0.2, -0.15) is 0 Å². The van der Waals surface area contributed by atoms with Gasteiger partial charge in [-0.3, -0.25) is 9.59 Å². The van der Waals surface area contributed by atoms with Crippen molar-refractivity contribution in [1.82, 2.24) is 10.6 Å². The molecule has 2 aliphatic rings. The average Bonchev–Trinajstić information content (AvgIpc) is 3.12. The number of carbonyl (C=O) groups is 3. The summed E-state index contributed by atoms with van der Waals surface area (Å²) in [6, 6.07) is 5.56. The molecule has 15 nitrogen and oxygen atoms in total. The molecule has 0 spiro atoms. The number of hydrogen-bond donors (Lipinski definition) is 3. The molecule has 324 valence electrons. The first kappa shape index (κ1) is 47.5.